The molecular formula is C30H30O4S. The number of carbonyl (C=O) groups is 1. The fourth-order valence-electron chi connectivity index (χ4n) is 3.81. The molecule has 0 N–H and O–H groups in total. The molecular weight excluding hydrogens is 456 g/mol. The van der Waals surface area contributed by atoms with Crippen LogP contribution in [0.2, 0.25) is 0 Å². The number of carbonyl (C=O) groups excluding carboxylic acids is 1. The molecule has 4 nitrogen and oxygen atoms in total. The van der Waals surface area contributed by atoms with Crippen molar-refractivity contribution in [3.8, 4) is 5.75 Å². The van der Waals surface area contributed by atoms with Gasteiger partial charge in [0.05, 0.1) is 6.61 Å². The van der Waals surface area contributed by atoms with E-state index >= 15 is 0 Å². The van der Waals surface area contributed by atoms with E-state index in [0.29, 0.717) is 6.61 Å². The Balaban J connectivity index is 1.65. The minimum absolute atomic E-state index is 0.185. The van der Waals surface area contributed by atoms with Crippen molar-refractivity contribution < 1.29 is 19.0 Å². The Labute approximate surface area is 210 Å². The highest BCUT2D eigenvalue weighted by Crippen LogP contribution is 2.38. The van der Waals surface area contributed by atoms with Crippen molar-refractivity contribution in [3.05, 3.63) is 91.5 Å². The van der Waals surface area contributed by atoms with Crippen LogP contribution in [0.15, 0.2) is 101 Å². The number of esters is 1. The van der Waals surface area contributed by atoms with Crippen LogP contribution in [0.5, 0.6) is 5.75 Å². The van der Waals surface area contributed by atoms with Crippen LogP contribution in [-0.2, 0) is 14.3 Å². The van der Waals surface area contributed by atoms with Crippen molar-refractivity contribution in [2.75, 3.05) is 19.8 Å². The predicted octanol–water partition coefficient (Wildman–Crippen LogP) is 7.44. The predicted molar refractivity (Wildman–Crippen MR) is 143 cm³/mol. The van der Waals surface area contributed by atoms with Gasteiger partial charge >= 0.3 is 5.97 Å². The normalized spacial score (nSPS) is 11.9. The maximum Gasteiger partial charge on any atom is 0.330 e. The summed E-state index contributed by atoms with van der Waals surface area (Å²) in [5.41, 5.74) is 0. The van der Waals surface area contributed by atoms with Gasteiger partial charge in [-0.2, -0.15) is 0 Å². The number of rotatable bonds is 12. The van der Waals surface area contributed by atoms with Gasteiger partial charge in [0, 0.05) is 33.2 Å². The lowest BCUT2D eigenvalue weighted by Gasteiger charge is -2.20. The lowest BCUT2D eigenvalue weighted by atomic mass is 10.0. The molecule has 0 aromatic heterocycles. The monoisotopic (exact) mass is 486 g/mol. The van der Waals surface area contributed by atoms with E-state index in [1.165, 1.54) is 11.0 Å². The van der Waals surface area contributed by atoms with Gasteiger partial charge in [0.1, 0.15) is 12.4 Å². The summed E-state index contributed by atoms with van der Waals surface area (Å²) in [6.45, 7) is 6.70. The summed E-state index contributed by atoms with van der Waals surface area (Å²) in [5.74, 6) is 0.295. The Morgan fingerprint density at radius 1 is 0.914 bits per heavy atom. The Hall–Kier alpha value is -3.28. The summed E-state index contributed by atoms with van der Waals surface area (Å²) in [4.78, 5) is 14.2. The van der Waals surface area contributed by atoms with Gasteiger partial charge in [0.15, 0.2) is 6.10 Å². The molecule has 0 fully saturated rings. The molecule has 0 aliphatic heterocycles. The van der Waals surface area contributed by atoms with E-state index in [9.17, 15) is 4.79 Å². The largest absolute Gasteiger partial charge is 0.488 e. The smallest absolute Gasteiger partial charge is 0.330 e. The average Bonchev–Trinajstić information content (AvgIpc) is 2.89. The van der Waals surface area contributed by atoms with Gasteiger partial charge in [0.2, 0.25) is 0 Å². The molecule has 1 atom stereocenters. The average molecular weight is 487 g/mol. The minimum atomic E-state index is -0.534. The topological polar surface area (TPSA) is 44.8 Å². The molecule has 4 aromatic rings. The van der Waals surface area contributed by atoms with E-state index in [1.807, 2.05) is 30.3 Å². The number of unbranched alkanes of at least 4 members (excludes halogenated alkanes) is 1. The summed E-state index contributed by atoms with van der Waals surface area (Å²) >= 11 is 1.71. The lowest BCUT2D eigenvalue weighted by molar-refractivity contribution is -0.148. The summed E-state index contributed by atoms with van der Waals surface area (Å²) in [7, 11) is 0. The van der Waals surface area contributed by atoms with E-state index in [2.05, 4.69) is 62.0 Å². The zero-order valence-electron chi connectivity index (χ0n) is 19.9. The van der Waals surface area contributed by atoms with Gasteiger partial charge in [-0.1, -0.05) is 80.2 Å². The zero-order chi connectivity index (χ0) is 24.5. The SMILES string of the molecule is C=CC(=O)OC(COCCCC)COc1c2ccccc2cc2ccc(Sc3ccccc3)cc12. The van der Waals surface area contributed by atoms with Crippen LogP contribution in [0, 0.1) is 0 Å². The quantitative estimate of drug-likeness (QED) is 0.0901. The van der Waals surface area contributed by atoms with Gasteiger partial charge in [-0.05, 0) is 47.5 Å². The standard InChI is InChI=1S/C30H30O4S/c1-3-5-17-32-20-24(34-29(31)4-2)21-33-30-27-14-10-9-11-22(27)18-23-15-16-26(19-28(23)30)35-25-12-7-6-8-13-25/h4,6-16,18-19,24H,2-3,5,17,20-21H2,1H3. The summed E-state index contributed by atoms with van der Waals surface area (Å²) in [6.07, 6.45) is 2.63. The van der Waals surface area contributed by atoms with Crippen LogP contribution < -0.4 is 4.74 Å². The third-order valence-electron chi connectivity index (χ3n) is 5.57. The first kappa shape index (κ1) is 24.8. The van der Waals surface area contributed by atoms with Crippen LogP contribution in [0.1, 0.15) is 19.8 Å². The van der Waals surface area contributed by atoms with Gasteiger partial charge in [-0.15, -0.1) is 0 Å². The van der Waals surface area contributed by atoms with Crippen molar-refractivity contribution in [2.45, 2.75) is 35.7 Å². The maximum absolute atomic E-state index is 11.9. The second kappa shape index (κ2) is 12.4. The Bertz CT molecular complexity index is 1290. The summed E-state index contributed by atoms with van der Waals surface area (Å²) in [5, 5.41) is 4.22. The molecule has 0 radical (unpaired) electrons. The highest BCUT2D eigenvalue weighted by molar-refractivity contribution is 7.99. The molecule has 0 saturated heterocycles. The molecule has 1 unspecified atom stereocenters. The van der Waals surface area contributed by atoms with Crippen LogP contribution in [0.3, 0.4) is 0 Å². The molecule has 4 rings (SSSR count). The molecule has 35 heavy (non-hydrogen) atoms. The van der Waals surface area contributed by atoms with Crippen LogP contribution in [-0.4, -0.2) is 31.9 Å². The Morgan fingerprint density at radius 2 is 1.69 bits per heavy atom. The first-order valence-electron chi connectivity index (χ1n) is 11.9. The summed E-state index contributed by atoms with van der Waals surface area (Å²) < 4.78 is 17.7. The molecule has 0 saturated carbocycles. The number of hydrogen-bond acceptors (Lipinski definition) is 5. The number of hydrogen-bond donors (Lipinski definition) is 0. The number of benzene rings is 4. The Morgan fingerprint density at radius 3 is 2.49 bits per heavy atom. The van der Waals surface area contributed by atoms with E-state index in [4.69, 9.17) is 14.2 Å². The van der Waals surface area contributed by atoms with E-state index < -0.39 is 12.1 Å². The van der Waals surface area contributed by atoms with Crippen molar-refractivity contribution in [2.24, 2.45) is 0 Å². The molecule has 0 aliphatic carbocycles. The third-order valence-corrected chi connectivity index (χ3v) is 6.57. The lowest BCUT2D eigenvalue weighted by Crippen LogP contribution is -2.29. The van der Waals surface area contributed by atoms with Gasteiger partial charge in [-0.25, -0.2) is 4.79 Å². The first-order chi connectivity index (χ1) is 17.2. The zero-order valence-corrected chi connectivity index (χ0v) is 20.8. The van der Waals surface area contributed by atoms with Gasteiger partial charge < -0.3 is 14.2 Å². The molecule has 0 bridgehead atoms. The highest BCUT2D eigenvalue weighted by atomic mass is 32.2. The summed E-state index contributed by atoms with van der Waals surface area (Å²) in [6, 6.07) is 27.1. The molecule has 0 amide bonds. The van der Waals surface area contributed by atoms with Crippen molar-refractivity contribution >= 4 is 39.3 Å². The number of fused-ring (bicyclic) bond motifs is 2. The Kier molecular flexibility index (Phi) is 8.82. The molecule has 0 heterocycles. The third kappa shape index (κ3) is 6.65. The molecule has 4 aromatic carbocycles. The number of ether oxygens (including phenoxy) is 3. The van der Waals surface area contributed by atoms with Crippen molar-refractivity contribution in [1.29, 1.82) is 0 Å². The van der Waals surface area contributed by atoms with Gasteiger partial charge in [0.25, 0.3) is 0 Å². The first-order valence-corrected chi connectivity index (χ1v) is 12.7. The molecule has 180 valence electrons. The molecule has 0 aliphatic rings. The van der Waals surface area contributed by atoms with Crippen LogP contribution in [0.25, 0.3) is 21.5 Å². The second-order valence-corrected chi connectivity index (χ2v) is 9.37. The van der Waals surface area contributed by atoms with E-state index in [1.54, 1.807) is 11.8 Å². The maximum atomic E-state index is 11.9. The van der Waals surface area contributed by atoms with E-state index in [-0.39, 0.29) is 13.2 Å². The fourth-order valence-corrected chi connectivity index (χ4v) is 4.69. The van der Waals surface area contributed by atoms with E-state index in [0.717, 1.165) is 45.0 Å². The molecule has 0 spiro atoms. The van der Waals surface area contributed by atoms with Crippen LogP contribution in [0.4, 0.5) is 0 Å². The van der Waals surface area contributed by atoms with Crippen molar-refractivity contribution in [3.63, 3.8) is 0 Å². The fraction of sp³-hybridized carbons (Fsp3) is 0.233. The molecule has 5 heteroatoms. The van der Waals surface area contributed by atoms with Gasteiger partial charge in [-0.3, -0.25) is 0 Å². The van der Waals surface area contributed by atoms with Crippen molar-refractivity contribution in [1.82, 2.24) is 0 Å². The highest BCUT2D eigenvalue weighted by Gasteiger charge is 2.17. The second-order valence-electron chi connectivity index (χ2n) is 8.23. The van der Waals surface area contributed by atoms with Crippen LogP contribution >= 0.6 is 11.8 Å². The minimum Gasteiger partial charge on any atom is -0.488 e.